The van der Waals surface area contributed by atoms with Crippen molar-refractivity contribution >= 4 is 17.0 Å². The van der Waals surface area contributed by atoms with Gasteiger partial charge < -0.3 is 10.1 Å². The van der Waals surface area contributed by atoms with Crippen molar-refractivity contribution in [2.24, 2.45) is 0 Å². The van der Waals surface area contributed by atoms with Crippen LogP contribution in [0.4, 0.5) is 8.78 Å². The van der Waals surface area contributed by atoms with Crippen molar-refractivity contribution < 1.29 is 18.7 Å². The number of benzene rings is 2. The van der Waals surface area contributed by atoms with Gasteiger partial charge in [0.05, 0.1) is 34.1 Å². The maximum atomic E-state index is 14.1. The van der Waals surface area contributed by atoms with E-state index < -0.39 is 17.6 Å². The molecule has 3 N–H and O–H groups in total. The molecule has 0 radical (unpaired) electrons. The third kappa shape index (κ3) is 2.53. The zero-order chi connectivity index (χ0) is 17.6. The van der Waals surface area contributed by atoms with Crippen LogP contribution in [0.5, 0.6) is 0 Å². The number of aromatic nitrogens is 4. The molecule has 2 aromatic heterocycles. The van der Waals surface area contributed by atoms with Crippen LogP contribution >= 0.6 is 0 Å². The molecule has 124 valence electrons. The molecular formula is C17H10F2N4O2. The van der Waals surface area contributed by atoms with Crippen molar-refractivity contribution in [3.05, 3.63) is 59.8 Å². The van der Waals surface area contributed by atoms with Gasteiger partial charge in [0, 0.05) is 11.6 Å². The fourth-order valence-electron chi connectivity index (χ4n) is 2.63. The highest BCUT2D eigenvalue weighted by Crippen LogP contribution is 2.31. The van der Waals surface area contributed by atoms with Gasteiger partial charge in [0.15, 0.2) is 0 Å². The Labute approximate surface area is 139 Å². The lowest BCUT2D eigenvalue weighted by Gasteiger charge is -2.03. The van der Waals surface area contributed by atoms with E-state index in [1.165, 1.54) is 24.4 Å². The van der Waals surface area contributed by atoms with Gasteiger partial charge in [0.25, 0.3) is 0 Å². The lowest BCUT2D eigenvalue weighted by Crippen LogP contribution is -1.94. The number of hydrogen-bond acceptors (Lipinski definition) is 3. The Balaban J connectivity index is 1.85. The van der Waals surface area contributed by atoms with E-state index >= 15 is 0 Å². The minimum Gasteiger partial charge on any atom is -0.478 e. The average Bonchev–Trinajstić information content (AvgIpc) is 3.20. The van der Waals surface area contributed by atoms with Gasteiger partial charge in [-0.1, -0.05) is 0 Å². The minimum absolute atomic E-state index is 0.125. The molecule has 0 aliphatic heterocycles. The molecule has 0 spiro atoms. The van der Waals surface area contributed by atoms with Crippen LogP contribution in [-0.4, -0.2) is 31.2 Å². The number of nitrogens with one attached hydrogen (secondary N) is 2. The minimum atomic E-state index is -1.05. The van der Waals surface area contributed by atoms with Crippen molar-refractivity contribution in [2.45, 2.75) is 0 Å². The first-order chi connectivity index (χ1) is 12.0. The molecule has 0 saturated heterocycles. The number of rotatable bonds is 3. The largest absolute Gasteiger partial charge is 0.478 e. The monoisotopic (exact) mass is 340 g/mol. The standard InChI is InChI=1S/C17H10F2N4O2/c18-9-2-3-10(12(19)6-9)15-11(7-20-23-15)16-21-13-4-1-8(17(24)25)5-14(13)22-16/h1-7H,(H,20,23)(H,21,22)(H,24,25). The number of aromatic carboxylic acids is 1. The molecule has 6 nitrogen and oxygen atoms in total. The number of aromatic amines is 2. The van der Waals surface area contributed by atoms with Crippen LogP contribution in [0.3, 0.4) is 0 Å². The summed E-state index contributed by atoms with van der Waals surface area (Å²) in [6.07, 6.45) is 1.47. The van der Waals surface area contributed by atoms with Gasteiger partial charge in [-0.2, -0.15) is 5.10 Å². The number of fused-ring (bicyclic) bond motifs is 1. The lowest BCUT2D eigenvalue weighted by molar-refractivity contribution is 0.0697. The van der Waals surface area contributed by atoms with E-state index in [4.69, 9.17) is 5.11 Å². The molecule has 0 saturated carbocycles. The Kier molecular flexibility index (Phi) is 3.31. The molecule has 0 bridgehead atoms. The number of hydrogen-bond donors (Lipinski definition) is 3. The molecule has 25 heavy (non-hydrogen) atoms. The molecular weight excluding hydrogens is 330 g/mol. The number of carbonyl (C=O) groups is 1. The van der Waals surface area contributed by atoms with E-state index in [1.807, 2.05) is 0 Å². The van der Waals surface area contributed by atoms with Crippen LogP contribution < -0.4 is 0 Å². The van der Waals surface area contributed by atoms with E-state index in [-0.39, 0.29) is 11.1 Å². The second-order valence-electron chi connectivity index (χ2n) is 5.41. The van der Waals surface area contributed by atoms with E-state index in [9.17, 15) is 13.6 Å². The zero-order valence-corrected chi connectivity index (χ0v) is 12.5. The SMILES string of the molecule is O=C(O)c1ccc2nc(-c3cn[nH]c3-c3ccc(F)cc3F)[nH]c2c1. The Hall–Kier alpha value is -3.55. The highest BCUT2D eigenvalue weighted by Gasteiger charge is 2.17. The summed E-state index contributed by atoms with van der Waals surface area (Å²) in [5, 5.41) is 15.7. The molecule has 4 aromatic rings. The summed E-state index contributed by atoms with van der Waals surface area (Å²) in [5.74, 6) is -2.05. The molecule has 0 amide bonds. The van der Waals surface area contributed by atoms with Crippen LogP contribution in [0.15, 0.2) is 42.6 Å². The van der Waals surface area contributed by atoms with Crippen LogP contribution in [0, 0.1) is 11.6 Å². The van der Waals surface area contributed by atoms with E-state index in [0.717, 1.165) is 12.1 Å². The highest BCUT2D eigenvalue weighted by atomic mass is 19.1. The highest BCUT2D eigenvalue weighted by molar-refractivity contribution is 5.93. The molecule has 2 aromatic carbocycles. The summed E-state index contributed by atoms with van der Waals surface area (Å²) in [4.78, 5) is 18.4. The Bertz CT molecular complexity index is 1120. The summed E-state index contributed by atoms with van der Waals surface area (Å²) in [6, 6.07) is 7.75. The van der Waals surface area contributed by atoms with Crippen LogP contribution in [-0.2, 0) is 0 Å². The third-order valence-electron chi connectivity index (χ3n) is 3.82. The van der Waals surface area contributed by atoms with Gasteiger partial charge >= 0.3 is 5.97 Å². The van der Waals surface area contributed by atoms with Crippen LogP contribution in [0.25, 0.3) is 33.7 Å². The summed E-state index contributed by atoms with van der Waals surface area (Å²) >= 11 is 0. The lowest BCUT2D eigenvalue weighted by atomic mass is 10.1. The zero-order valence-electron chi connectivity index (χ0n) is 12.5. The topological polar surface area (TPSA) is 94.7 Å². The van der Waals surface area contributed by atoms with Crippen molar-refractivity contribution in [3.63, 3.8) is 0 Å². The second kappa shape index (κ2) is 5.52. The summed E-state index contributed by atoms with van der Waals surface area (Å²) in [6.45, 7) is 0. The maximum Gasteiger partial charge on any atom is 0.335 e. The maximum absolute atomic E-state index is 14.1. The fraction of sp³-hybridized carbons (Fsp3) is 0. The van der Waals surface area contributed by atoms with Gasteiger partial charge in [-0.3, -0.25) is 5.10 Å². The Morgan fingerprint density at radius 1 is 1.08 bits per heavy atom. The first kappa shape index (κ1) is 15.0. The van der Waals surface area contributed by atoms with Gasteiger partial charge in [-0.25, -0.2) is 18.6 Å². The van der Waals surface area contributed by atoms with E-state index in [2.05, 4.69) is 20.2 Å². The average molecular weight is 340 g/mol. The van der Waals surface area contributed by atoms with Crippen molar-refractivity contribution in [3.8, 4) is 22.6 Å². The summed E-state index contributed by atoms with van der Waals surface area (Å²) in [7, 11) is 0. The predicted octanol–water partition coefficient (Wildman–Crippen LogP) is 3.60. The third-order valence-corrected chi connectivity index (χ3v) is 3.82. The smallest absolute Gasteiger partial charge is 0.335 e. The van der Waals surface area contributed by atoms with E-state index in [1.54, 1.807) is 6.07 Å². The van der Waals surface area contributed by atoms with Gasteiger partial charge in [-0.15, -0.1) is 0 Å². The van der Waals surface area contributed by atoms with E-state index in [0.29, 0.717) is 28.1 Å². The first-order valence-corrected chi connectivity index (χ1v) is 7.25. The number of nitrogens with zero attached hydrogens (tertiary/aromatic N) is 2. The van der Waals surface area contributed by atoms with Gasteiger partial charge in [0.1, 0.15) is 17.5 Å². The van der Waals surface area contributed by atoms with Gasteiger partial charge in [-0.05, 0) is 30.3 Å². The number of imidazole rings is 1. The first-order valence-electron chi connectivity index (χ1n) is 7.25. The van der Waals surface area contributed by atoms with Crippen LogP contribution in [0.2, 0.25) is 0 Å². The molecule has 8 heteroatoms. The molecule has 0 unspecified atom stereocenters. The van der Waals surface area contributed by atoms with Gasteiger partial charge in [0.2, 0.25) is 0 Å². The second-order valence-corrected chi connectivity index (χ2v) is 5.41. The summed E-state index contributed by atoms with van der Waals surface area (Å²) < 4.78 is 27.2. The van der Waals surface area contributed by atoms with Crippen LogP contribution in [0.1, 0.15) is 10.4 Å². The summed E-state index contributed by atoms with van der Waals surface area (Å²) in [5.41, 5.74) is 2.20. The normalized spacial score (nSPS) is 11.1. The molecule has 2 heterocycles. The molecule has 0 fully saturated rings. The van der Waals surface area contributed by atoms with Crippen molar-refractivity contribution in [2.75, 3.05) is 0 Å². The Morgan fingerprint density at radius 3 is 2.68 bits per heavy atom. The molecule has 0 aliphatic carbocycles. The number of carboxylic acid groups (broad SMARTS) is 1. The van der Waals surface area contributed by atoms with Crippen molar-refractivity contribution in [1.82, 2.24) is 20.2 Å². The predicted molar refractivity (Wildman–Crippen MR) is 86.0 cm³/mol. The quantitative estimate of drug-likeness (QED) is 0.531. The number of halogens is 2. The molecule has 4 rings (SSSR count). The number of carboxylic acids is 1. The molecule has 0 atom stereocenters. The van der Waals surface area contributed by atoms with Crippen molar-refractivity contribution in [1.29, 1.82) is 0 Å². The molecule has 0 aliphatic rings. The fourth-order valence-corrected chi connectivity index (χ4v) is 2.63. The number of H-pyrrole nitrogens is 2. The Morgan fingerprint density at radius 2 is 1.92 bits per heavy atom.